The maximum absolute atomic E-state index is 12.7. The van der Waals surface area contributed by atoms with Crippen molar-refractivity contribution < 1.29 is 34.7 Å². The number of rotatable bonds is 4. The van der Waals surface area contributed by atoms with Crippen LogP contribution in [0, 0.1) is 17.3 Å². The monoisotopic (exact) mass is 396 g/mol. The van der Waals surface area contributed by atoms with E-state index in [0.29, 0.717) is 5.92 Å². The van der Waals surface area contributed by atoms with Crippen molar-refractivity contribution in [2.45, 2.75) is 77.2 Å². The topological polar surface area (TPSA) is 116 Å². The Morgan fingerprint density at radius 1 is 1.32 bits per heavy atom. The van der Waals surface area contributed by atoms with Gasteiger partial charge in [0.05, 0.1) is 12.9 Å². The van der Waals surface area contributed by atoms with Gasteiger partial charge in [-0.3, -0.25) is 4.79 Å². The largest absolute Gasteiger partial charge is 0.470 e. The number of allylic oxidation sites excluding steroid dienone is 3. The predicted molar refractivity (Wildman–Crippen MR) is 101 cm³/mol. The van der Waals surface area contributed by atoms with Crippen LogP contribution in [-0.4, -0.2) is 63.5 Å². The molecule has 1 saturated carbocycles. The highest BCUT2D eigenvalue weighted by atomic mass is 16.7. The third-order valence-corrected chi connectivity index (χ3v) is 6.98. The van der Waals surface area contributed by atoms with Crippen LogP contribution in [0.2, 0.25) is 0 Å². The van der Waals surface area contributed by atoms with Crippen molar-refractivity contribution in [3.05, 3.63) is 23.5 Å². The second-order valence-corrected chi connectivity index (χ2v) is 8.73. The fourth-order valence-corrected chi connectivity index (χ4v) is 4.71. The van der Waals surface area contributed by atoms with E-state index in [4.69, 9.17) is 9.47 Å². The third kappa shape index (κ3) is 3.78. The number of fused-ring (bicyclic) bond motifs is 1. The second kappa shape index (κ2) is 8.24. The van der Waals surface area contributed by atoms with Crippen LogP contribution < -0.4 is 0 Å². The molecule has 0 aromatic rings. The zero-order chi connectivity index (χ0) is 20.6. The van der Waals surface area contributed by atoms with Crippen molar-refractivity contribution >= 4 is 5.78 Å². The lowest BCUT2D eigenvalue weighted by molar-refractivity contribution is -0.288. The van der Waals surface area contributed by atoms with E-state index in [1.165, 1.54) is 11.8 Å². The molecule has 0 aromatic carbocycles. The summed E-state index contributed by atoms with van der Waals surface area (Å²) in [5.41, 5.74) is 1.96. The number of aliphatic hydroxyl groups is 4. The van der Waals surface area contributed by atoms with Gasteiger partial charge in [-0.05, 0) is 55.6 Å². The molecule has 0 aromatic heterocycles. The molecule has 7 nitrogen and oxygen atoms in total. The SMILES string of the molecule is C/C(=C/O[C@@H]1O[C@H](CO)[C@@H](O)[C@H](O)[C@H]1O)[C@@H]1C[C@@]2(C)C(=CC1=O)CCC[C@@H]2C. The van der Waals surface area contributed by atoms with Crippen molar-refractivity contribution in [2.75, 3.05) is 6.61 Å². The molecule has 7 heteroatoms. The molecular weight excluding hydrogens is 364 g/mol. The van der Waals surface area contributed by atoms with Crippen LogP contribution in [0.5, 0.6) is 0 Å². The highest BCUT2D eigenvalue weighted by Gasteiger charge is 2.46. The maximum Gasteiger partial charge on any atom is 0.228 e. The molecule has 1 aliphatic heterocycles. The number of hydrogen-bond donors (Lipinski definition) is 4. The molecule has 1 heterocycles. The Morgan fingerprint density at radius 3 is 2.71 bits per heavy atom. The van der Waals surface area contributed by atoms with Crippen molar-refractivity contribution in [3.8, 4) is 0 Å². The highest BCUT2D eigenvalue weighted by Crippen LogP contribution is 2.52. The molecule has 2 fully saturated rings. The molecule has 0 amide bonds. The molecule has 0 radical (unpaired) electrons. The smallest absolute Gasteiger partial charge is 0.228 e. The zero-order valence-corrected chi connectivity index (χ0v) is 16.7. The summed E-state index contributed by atoms with van der Waals surface area (Å²) in [6.45, 7) is 5.76. The first-order valence-electron chi connectivity index (χ1n) is 10.1. The van der Waals surface area contributed by atoms with Crippen LogP contribution in [0.3, 0.4) is 0 Å². The van der Waals surface area contributed by atoms with Gasteiger partial charge in [0.2, 0.25) is 6.29 Å². The predicted octanol–water partition coefficient (Wildman–Crippen LogP) is 1.05. The molecule has 4 N–H and O–H groups in total. The van der Waals surface area contributed by atoms with Gasteiger partial charge in [0.25, 0.3) is 0 Å². The van der Waals surface area contributed by atoms with Gasteiger partial charge in [0.1, 0.15) is 24.4 Å². The molecule has 0 spiro atoms. The van der Waals surface area contributed by atoms with E-state index >= 15 is 0 Å². The molecular formula is C21H32O7. The van der Waals surface area contributed by atoms with E-state index in [1.54, 1.807) is 6.08 Å². The fourth-order valence-electron chi connectivity index (χ4n) is 4.71. The molecule has 3 aliphatic rings. The average molecular weight is 396 g/mol. The first kappa shape index (κ1) is 21.5. The number of ether oxygens (including phenoxy) is 2. The first-order valence-corrected chi connectivity index (χ1v) is 10.1. The Balaban J connectivity index is 1.73. The molecule has 0 bridgehead atoms. The summed E-state index contributed by atoms with van der Waals surface area (Å²) in [5, 5.41) is 39.0. The third-order valence-electron chi connectivity index (χ3n) is 6.98. The van der Waals surface area contributed by atoms with E-state index in [0.717, 1.165) is 31.3 Å². The van der Waals surface area contributed by atoms with Crippen molar-refractivity contribution in [1.29, 1.82) is 0 Å². The van der Waals surface area contributed by atoms with Crippen LogP contribution in [0.1, 0.15) is 46.5 Å². The van der Waals surface area contributed by atoms with E-state index in [9.17, 15) is 25.2 Å². The average Bonchev–Trinajstić information content (AvgIpc) is 2.67. The molecule has 8 atom stereocenters. The minimum absolute atomic E-state index is 0.00489. The van der Waals surface area contributed by atoms with Gasteiger partial charge in [-0.2, -0.15) is 0 Å². The molecule has 28 heavy (non-hydrogen) atoms. The minimum atomic E-state index is -1.49. The van der Waals surface area contributed by atoms with E-state index in [2.05, 4.69) is 13.8 Å². The Morgan fingerprint density at radius 2 is 2.04 bits per heavy atom. The lowest BCUT2D eigenvalue weighted by Crippen LogP contribution is -2.58. The van der Waals surface area contributed by atoms with Crippen LogP contribution in [-0.2, 0) is 14.3 Å². The zero-order valence-electron chi connectivity index (χ0n) is 16.7. The van der Waals surface area contributed by atoms with Crippen molar-refractivity contribution in [3.63, 3.8) is 0 Å². The number of carbonyl (C=O) groups excluding carboxylic acids is 1. The number of aliphatic hydroxyl groups excluding tert-OH is 4. The van der Waals surface area contributed by atoms with Gasteiger partial charge in [-0.1, -0.05) is 19.4 Å². The molecule has 1 saturated heterocycles. The summed E-state index contributed by atoms with van der Waals surface area (Å²) >= 11 is 0. The van der Waals surface area contributed by atoms with Crippen LogP contribution in [0.15, 0.2) is 23.5 Å². The van der Waals surface area contributed by atoms with E-state index in [-0.39, 0.29) is 17.1 Å². The number of carbonyl (C=O) groups is 1. The van der Waals surface area contributed by atoms with Crippen LogP contribution >= 0.6 is 0 Å². The van der Waals surface area contributed by atoms with E-state index < -0.39 is 37.3 Å². The summed E-state index contributed by atoms with van der Waals surface area (Å²) in [6, 6.07) is 0. The van der Waals surface area contributed by atoms with Crippen LogP contribution in [0.4, 0.5) is 0 Å². The standard InChI is InChI=1S/C21H32O7/c1-11(10-27-20-19(26)18(25)17(24)16(9-22)28-20)14-8-21(3)12(2)5-4-6-13(21)7-15(14)23/h7,10,12,14,16-20,22,24-26H,4-6,8-9H2,1-3H3/b11-10-/t12-,14-,16+,17+,18-,19+,20+,21+/m0/s1. The summed E-state index contributed by atoms with van der Waals surface area (Å²) < 4.78 is 10.9. The quantitative estimate of drug-likeness (QED) is 0.525. The summed E-state index contributed by atoms with van der Waals surface area (Å²) in [4.78, 5) is 12.7. The summed E-state index contributed by atoms with van der Waals surface area (Å²) in [5.74, 6) is 0.258. The number of hydrogen-bond acceptors (Lipinski definition) is 7. The van der Waals surface area contributed by atoms with Gasteiger partial charge < -0.3 is 29.9 Å². The Kier molecular flexibility index (Phi) is 6.32. The Labute approximate surface area is 165 Å². The highest BCUT2D eigenvalue weighted by molar-refractivity contribution is 5.95. The minimum Gasteiger partial charge on any atom is -0.470 e. The van der Waals surface area contributed by atoms with Crippen LogP contribution in [0.25, 0.3) is 0 Å². The van der Waals surface area contributed by atoms with E-state index in [1.807, 2.05) is 6.92 Å². The molecule has 3 rings (SSSR count). The number of ketones is 1. The summed E-state index contributed by atoms with van der Waals surface area (Å²) in [6.07, 6.45) is 0.512. The van der Waals surface area contributed by atoms with Gasteiger partial charge >= 0.3 is 0 Å². The van der Waals surface area contributed by atoms with Crippen molar-refractivity contribution in [2.24, 2.45) is 17.3 Å². The van der Waals surface area contributed by atoms with Crippen molar-refractivity contribution in [1.82, 2.24) is 0 Å². The van der Waals surface area contributed by atoms with Gasteiger partial charge in [-0.15, -0.1) is 0 Å². The lowest BCUT2D eigenvalue weighted by Gasteiger charge is -2.46. The fraction of sp³-hybridized carbons (Fsp3) is 0.762. The maximum atomic E-state index is 12.7. The Hall–Kier alpha value is -1.25. The lowest BCUT2D eigenvalue weighted by atomic mass is 9.58. The Bertz CT molecular complexity index is 655. The summed E-state index contributed by atoms with van der Waals surface area (Å²) in [7, 11) is 0. The molecule has 158 valence electrons. The van der Waals surface area contributed by atoms with Gasteiger partial charge in [-0.25, -0.2) is 0 Å². The molecule has 2 aliphatic carbocycles. The first-order chi connectivity index (χ1) is 13.2. The van der Waals surface area contributed by atoms with Gasteiger partial charge in [0.15, 0.2) is 5.78 Å². The van der Waals surface area contributed by atoms with Gasteiger partial charge in [0, 0.05) is 5.92 Å². The second-order valence-electron chi connectivity index (χ2n) is 8.73. The molecule has 0 unspecified atom stereocenters. The normalized spacial score (nSPS) is 44.7.